The zero-order chi connectivity index (χ0) is 11.8. The Morgan fingerprint density at radius 2 is 1.62 bits per heavy atom. The fourth-order valence-electron chi connectivity index (χ4n) is 1.18. The van der Waals surface area contributed by atoms with Gasteiger partial charge < -0.3 is 0 Å². The van der Waals surface area contributed by atoms with Crippen LogP contribution in [0.4, 0.5) is 0 Å². The lowest BCUT2D eigenvalue weighted by molar-refractivity contribution is 0.569. The summed E-state index contributed by atoms with van der Waals surface area (Å²) in [5, 5.41) is 0.529. The summed E-state index contributed by atoms with van der Waals surface area (Å²) in [4.78, 5) is 12.8. The third kappa shape index (κ3) is 4.01. The quantitative estimate of drug-likeness (QED) is 0.440. The van der Waals surface area contributed by atoms with Crippen molar-refractivity contribution in [3.8, 4) is 11.3 Å². The van der Waals surface area contributed by atoms with E-state index in [0.29, 0.717) is 5.15 Å². The number of halogens is 2. The number of nitrogens with zero attached hydrogens (tertiary/aromatic N) is 1. The SMILES string of the molecule is Clc1cccc(-c2ccccc2)n1.O=CCl. The smallest absolute Gasteiger partial charge is 0.208 e. The standard InChI is InChI=1S/C11H8ClN.CHClO/c12-11-8-4-7-10(13-11)9-5-2-1-3-6-9;2-1-3/h1-8H;1H. The van der Waals surface area contributed by atoms with Gasteiger partial charge in [-0.05, 0) is 23.7 Å². The van der Waals surface area contributed by atoms with E-state index >= 15 is 0 Å². The Labute approximate surface area is 104 Å². The molecule has 0 saturated carbocycles. The summed E-state index contributed by atoms with van der Waals surface area (Å²) in [6.07, 6.45) is 0. The van der Waals surface area contributed by atoms with Crippen molar-refractivity contribution in [3.05, 3.63) is 53.7 Å². The first kappa shape index (κ1) is 12.7. The lowest BCUT2D eigenvalue weighted by Crippen LogP contribution is -1.81. The predicted octanol–water partition coefficient (Wildman–Crippen LogP) is 3.82. The maximum Gasteiger partial charge on any atom is 0.208 e. The Balaban J connectivity index is 0.000000386. The van der Waals surface area contributed by atoms with Crippen molar-refractivity contribution in [1.29, 1.82) is 0 Å². The highest BCUT2D eigenvalue weighted by atomic mass is 35.5. The van der Waals surface area contributed by atoms with E-state index in [9.17, 15) is 0 Å². The summed E-state index contributed by atoms with van der Waals surface area (Å²) in [6, 6.07) is 15.6. The topological polar surface area (TPSA) is 30.0 Å². The first-order valence-corrected chi connectivity index (χ1v) is 5.31. The van der Waals surface area contributed by atoms with Gasteiger partial charge in [-0.2, -0.15) is 0 Å². The van der Waals surface area contributed by atoms with E-state index in [2.05, 4.69) is 16.6 Å². The van der Waals surface area contributed by atoms with Crippen LogP contribution in [0.1, 0.15) is 0 Å². The van der Waals surface area contributed by atoms with Crippen LogP contribution in [0.2, 0.25) is 5.15 Å². The maximum atomic E-state index is 8.57. The van der Waals surface area contributed by atoms with Gasteiger partial charge in [-0.1, -0.05) is 48.0 Å². The van der Waals surface area contributed by atoms with Crippen LogP contribution >= 0.6 is 23.2 Å². The van der Waals surface area contributed by atoms with Crippen LogP contribution in [0.5, 0.6) is 0 Å². The van der Waals surface area contributed by atoms with Gasteiger partial charge in [-0.15, -0.1) is 0 Å². The van der Waals surface area contributed by atoms with Crippen molar-refractivity contribution in [2.75, 3.05) is 0 Å². The van der Waals surface area contributed by atoms with Gasteiger partial charge in [-0.25, -0.2) is 4.98 Å². The van der Waals surface area contributed by atoms with Gasteiger partial charge in [0.1, 0.15) is 5.15 Å². The molecule has 16 heavy (non-hydrogen) atoms. The van der Waals surface area contributed by atoms with Gasteiger partial charge in [0.25, 0.3) is 0 Å². The molecule has 0 aliphatic heterocycles. The molecule has 4 heteroatoms. The first-order valence-electron chi connectivity index (χ1n) is 4.49. The zero-order valence-electron chi connectivity index (χ0n) is 8.31. The maximum absolute atomic E-state index is 8.57. The molecule has 0 amide bonds. The van der Waals surface area contributed by atoms with E-state index in [4.69, 9.17) is 16.4 Å². The number of hydrogen-bond acceptors (Lipinski definition) is 2. The Kier molecular flexibility index (Phi) is 5.54. The third-order valence-corrected chi connectivity index (χ3v) is 2.00. The molecule has 0 radical (unpaired) electrons. The molecule has 0 bridgehead atoms. The lowest BCUT2D eigenvalue weighted by Gasteiger charge is -1.99. The molecule has 1 aromatic carbocycles. The molecule has 0 fully saturated rings. The van der Waals surface area contributed by atoms with E-state index < -0.39 is 0 Å². The third-order valence-electron chi connectivity index (χ3n) is 1.78. The monoisotopic (exact) mass is 253 g/mol. The van der Waals surface area contributed by atoms with Crippen LogP contribution in [0.3, 0.4) is 0 Å². The normalized spacial score (nSPS) is 8.88. The summed E-state index contributed by atoms with van der Waals surface area (Å²) in [7, 11) is 0. The van der Waals surface area contributed by atoms with Crippen LogP contribution in [0, 0.1) is 0 Å². The first-order chi connectivity index (χ1) is 7.77. The van der Waals surface area contributed by atoms with E-state index in [0.717, 1.165) is 11.3 Å². The predicted molar refractivity (Wildman–Crippen MR) is 67.3 cm³/mol. The Morgan fingerprint density at radius 1 is 1.00 bits per heavy atom. The van der Waals surface area contributed by atoms with Crippen molar-refractivity contribution in [2.45, 2.75) is 0 Å². The highest BCUT2D eigenvalue weighted by Gasteiger charge is 1.97. The fourth-order valence-corrected chi connectivity index (χ4v) is 1.34. The lowest BCUT2D eigenvalue weighted by atomic mass is 10.1. The number of rotatable bonds is 1. The molecule has 82 valence electrons. The summed E-state index contributed by atoms with van der Waals surface area (Å²) in [5.74, 6) is 0.222. The number of carbonyl (C=O) groups excluding carboxylic acids is 1. The molecule has 0 spiro atoms. The Hall–Kier alpha value is -1.38. The van der Waals surface area contributed by atoms with Crippen LogP contribution in [-0.4, -0.2) is 10.7 Å². The van der Waals surface area contributed by atoms with Gasteiger partial charge in [0.15, 0.2) is 0 Å². The Morgan fingerprint density at radius 3 is 2.19 bits per heavy atom. The second-order valence-electron chi connectivity index (χ2n) is 2.80. The fraction of sp³-hybridized carbons (Fsp3) is 0. The highest BCUT2D eigenvalue weighted by Crippen LogP contribution is 2.17. The van der Waals surface area contributed by atoms with Crippen LogP contribution in [-0.2, 0) is 4.79 Å². The molecule has 0 N–H and O–H groups in total. The van der Waals surface area contributed by atoms with Crippen molar-refractivity contribution in [2.24, 2.45) is 0 Å². The molecular weight excluding hydrogens is 245 g/mol. The van der Waals surface area contributed by atoms with Gasteiger partial charge in [0.05, 0.1) is 5.69 Å². The summed E-state index contributed by atoms with van der Waals surface area (Å²) in [6.45, 7) is 0. The summed E-state index contributed by atoms with van der Waals surface area (Å²) >= 11 is 10.1. The van der Waals surface area contributed by atoms with Gasteiger partial charge in [0.2, 0.25) is 5.75 Å². The molecule has 0 aliphatic rings. The molecule has 2 rings (SSSR count). The largest absolute Gasteiger partial charge is 0.285 e. The second-order valence-corrected chi connectivity index (χ2v) is 3.37. The molecule has 0 atom stereocenters. The van der Waals surface area contributed by atoms with Crippen molar-refractivity contribution in [3.63, 3.8) is 0 Å². The van der Waals surface area contributed by atoms with Crippen LogP contribution in [0.25, 0.3) is 11.3 Å². The minimum absolute atomic E-state index is 0.222. The molecular formula is C12H9Cl2NO. The second kappa shape index (κ2) is 6.99. The number of pyridine rings is 1. The van der Waals surface area contributed by atoms with Gasteiger partial charge in [0, 0.05) is 5.56 Å². The van der Waals surface area contributed by atoms with Crippen molar-refractivity contribution < 1.29 is 4.79 Å². The minimum atomic E-state index is 0.222. The number of aromatic nitrogens is 1. The highest BCUT2D eigenvalue weighted by molar-refractivity contribution is 6.54. The average molecular weight is 254 g/mol. The Bertz CT molecular complexity index is 446. The van der Waals surface area contributed by atoms with E-state index in [1.165, 1.54) is 0 Å². The van der Waals surface area contributed by atoms with E-state index in [1.54, 1.807) is 6.07 Å². The summed E-state index contributed by atoms with van der Waals surface area (Å²) < 4.78 is 0. The van der Waals surface area contributed by atoms with E-state index in [-0.39, 0.29) is 5.75 Å². The van der Waals surface area contributed by atoms with Crippen LogP contribution in [0.15, 0.2) is 48.5 Å². The van der Waals surface area contributed by atoms with Crippen LogP contribution < -0.4 is 0 Å². The average Bonchev–Trinajstić information content (AvgIpc) is 2.31. The van der Waals surface area contributed by atoms with Gasteiger partial charge in [-0.3, -0.25) is 4.79 Å². The minimum Gasteiger partial charge on any atom is -0.285 e. The number of hydrogen-bond donors (Lipinski definition) is 0. The molecule has 1 heterocycles. The van der Waals surface area contributed by atoms with Gasteiger partial charge >= 0.3 is 0 Å². The number of carbonyl (C=O) groups is 1. The molecule has 0 unspecified atom stereocenters. The molecule has 1 aromatic heterocycles. The van der Waals surface area contributed by atoms with Crippen molar-refractivity contribution in [1.82, 2.24) is 4.98 Å². The molecule has 2 aromatic rings. The molecule has 2 nitrogen and oxygen atoms in total. The van der Waals surface area contributed by atoms with E-state index in [1.807, 2.05) is 42.5 Å². The number of benzene rings is 1. The zero-order valence-corrected chi connectivity index (χ0v) is 9.82. The van der Waals surface area contributed by atoms with Crippen molar-refractivity contribution >= 4 is 28.9 Å². The molecule has 0 saturated heterocycles. The molecule has 0 aliphatic carbocycles. The summed E-state index contributed by atoms with van der Waals surface area (Å²) in [5.41, 5.74) is 2.00.